The van der Waals surface area contributed by atoms with Crippen LogP contribution in [0.15, 0.2) is 24.3 Å². The van der Waals surface area contributed by atoms with Gasteiger partial charge in [0.15, 0.2) is 0 Å². The molecule has 1 aromatic carbocycles. The standard InChI is InChI=1S/C18H28N2O2/c1-18(2,3)17(21)20-12-10-19(11-13-20)9-8-15-6-5-7-16(14-15)22-4/h5-7,14H,8-13H2,1-4H3. The summed E-state index contributed by atoms with van der Waals surface area (Å²) in [5.74, 6) is 1.18. The predicted molar refractivity (Wildman–Crippen MR) is 89.2 cm³/mol. The first-order chi connectivity index (χ1) is 10.4. The first-order valence-corrected chi connectivity index (χ1v) is 8.05. The van der Waals surface area contributed by atoms with E-state index in [9.17, 15) is 4.79 Å². The van der Waals surface area contributed by atoms with Crippen molar-refractivity contribution in [1.82, 2.24) is 9.80 Å². The molecule has 2 rings (SSSR count). The van der Waals surface area contributed by atoms with E-state index in [1.807, 2.05) is 37.8 Å². The lowest BCUT2D eigenvalue weighted by Gasteiger charge is -2.37. The van der Waals surface area contributed by atoms with Gasteiger partial charge in [0.1, 0.15) is 5.75 Å². The lowest BCUT2D eigenvalue weighted by atomic mass is 9.94. The van der Waals surface area contributed by atoms with Crippen LogP contribution >= 0.6 is 0 Å². The summed E-state index contributed by atoms with van der Waals surface area (Å²) in [5.41, 5.74) is 1.02. The van der Waals surface area contributed by atoms with Gasteiger partial charge in [-0.15, -0.1) is 0 Å². The minimum Gasteiger partial charge on any atom is -0.497 e. The molecule has 1 aromatic rings. The number of methoxy groups -OCH3 is 1. The van der Waals surface area contributed by atoms with Crippen LogP contribution in [0.3, 0.4) is 0 Å². The summed E-state index contributed by atoms with van der Waals surface area (Å²) in [5, 5.41) is 0. The molecule has 0 aliphatic carbocycles. The van der Waals surface area contributed by atoms with Crippen LogP contribution in [0, 0.1) is 5.41 Å². The second-order valence-electron chi connectivity index (χ2n) is 6.99. The number of carbonyl (C=O) groups is 1. The molecular formula is C18H28N2O2. The molecular weight excluding hydrogens is 276 g/mol. The predicted octanol–water partition coefficient (Wildman–Crippen LogP) is 2.43. The lowest BCUT2D eigenvalue weighted by Crippen LogP contribution is -2.51. The van der Waals surface area contributed by atoms with Crippen molar-refractivity contribution in [3.05, 3.63) is 29.8 Å². The van der Waals surface area contributed by atoms with Crippen LogP contribution in [0.1, 0.15) is 26.3 Å². The molecule has 1 heterocycles. The van der Waals surface area contributed by atoms with E-state index in [0.717, 1.165) is 44.9 Å². The van der Waals surface area contributed by atoms with Crippen LogP contribution < -0.4 is 4.74 Å². The summed E-state index contributed by atoms with van der Waals surface area (Å²) in [6.45, 7) is 10.6. The molecule has 0 saturated carbocycles. The maximum absolute atomic E-state index is 12.3. The lowest BCUT2D eigenvalue weighted by molar-refractivity contribution is -0.141. The molecule has 1 fully saturated rings. The fourth-order valence-corrected chi connectivity index (χ4v) is 2.76. The Morgan fingerprint density at radius 3 is 2.45 bits per heavy atom. The van der Waals surface area contributed by atoms with Gasteiger partial charge in [0.2, 0.25) is 5.91 Å². The van der Waals surface area contributed by atoms with E-state index in [1.165, 1.54) is 5.56 Å². The topological polar surface area (TPSA) is 32.8 Å². The molecule has 4 nitrogen and oxygen atoms in total. The van der Waals surface area contributed by atoms with E-state index < -0.39 is 0 Å². The zero-order valence-corrected chi connectivity index (χ0v) is 14.3. The number of piperazine rings is 1. The number of carbonyl (C=O) groups excluding carboxylic acids is 1. The molecule has 1 saturated heterocycles. The number of hydrogen-bond donors (Lipinski definition) is 0. The van der Waals surface area contributed by atoms with Crippen molar-refractivity contribution in [2.45, 2.75) is 27.2 Å². The smallest absolute Gasteiger partial charge is 0.228 e. The molecule has 0 N–H and O–H groups in total. The van der Waals surface area contributed by atoms with E-state index in [4.69, 9.17) is 4.74 Å². The van der Waals surface area contributed by atoms with Gasteiger partial charge in [-0.2, -0.15) is 0 Å². The van der Waals surface area contributed by atoms with E-state index >= 15 is 0 Å². The Hall–Kier alpha value is -1.55. The number of nitrogens with zero attached hydrogens (tertiary/aromatic N) is 2. The fraction of sp³-hybridized carbons (Fsp3) is 0.611. The van der Waals surface area contributed by atoms with E-state index in [2.05, 4.69) is 17.0 Å². The van der Waals surface area contributed by atoms with E-state index in [-0.39, 0.29) is 11.3 Å². The van der Waals surface area contributed by atoms with E-state index in [0.29, 0.717) is 0 Å². The third-order valence-electron chi connectivity index (χ3n) is 4.15. The molecule has 22 heavy (non-hydrogen) atoms. The second kappa shape index (κ2) is 7.14. The van der Waals surface area contributed by atoms with Gasteiger partial charge in [-0.25, -0.2) is 0 Å². The Morgan fingerprint density at radius 1 is 1.18 bits per heavy atom. The third kappa shape index (κ3) is 4.47. The maximum Gasteiger partial charge on any atom is 0.228 e. The first kappa shape index (κ1) is 16.8. The molecule has 1 aliphatic heterocycles. The first-order valence-electron chi connectivity index (χ1n) is 8.05. The average Bonchev–Trinajstić information content (AvgIpc) is 2.52. The van der Waals surface area contributed by atoms with Crippen molar-refractivity contribution in [2.75, 3.05) is 39.8 Å². The van der Waals surface area contributed by atoms with Crippen molar-refractivity contribution >= 4 is 5.91 Å². The number of hydrogen-bond acceptors (Lipinski definition) is 3. The SMILES string of the molecule is COc1cccc(CCN2CCN(C(=O)C(C)(C)C)CC2)c1. The van der Waals surface area contributed by atoms with Gasteiger partial charge >= 0.3 is 0 Å². The number of benzene rings is 1. The van der Waals surface area contributed by atoms with Gasteiger partial charge in [-0.05, 0) is 24.1 Å². The quantitative estimate of drug-likeness (QED) is 0.856. The van der Waals surface area contributed by atoms with Gasteiger partial charge in [0, 0.05) is 38.1 Å². The Morgan fingerprint density at radius 2 is 1.86 bits per heavy atom. The van der Waals surface area contributed by atoms with Gasteiger partial charge in [0.05, 0.1) is 7.11 Å². The van der Waals surface area contributed by atoms with Crippen molar-refractivity contribution in [3.8, 4) is 5.75 Å². The largest absolute Gasteiger partial charge is 0.497 e. The molecule has 0 atom stereocenters. The Balaban J connectivity index is 1.79. The van der Waals surface area contributed by atoms with Crippen molar-refractivity contribution in [3.63, 3.8) is 0 Å². The number of amides is 1. The summed E-state index contributed by atoms with van der Waals surface area (Å²) >= 11 is 0. The summed E-state index contributed by atoms with van der Waals surface area (Å²) in [6, 6.07) is 8.25. The highest BCUT2D eigenvalue weighted by Gasteiger charge is 2.29. The van der Waals surface area contributed by atoms with Crippen LogP contribution in [0.2, 0.25) is 0 Å². The molecule has 0 unspecified atom stereocenters. The Bertz CT molecular complexity index is 500. The highest BCUT2D eigenvalue weighted by atomic mass is 16.5. The molecule has 1 aliphatic rings. The van der Waals surface area contributed by atoms with Crippen LogP contribution in [-0.4, -0.2) is 55.5 Å². The molecule has 0 radical (unpaired) electrons. The number of rotatable bonds is 4. The third-order valence-corrected chi connectivity index (χ3v) is 4.15. The normalized spacial score (nSPS) is 16.6. The Kier molecular flexibility index (Phi) is 5.46. The fourth-order valence-electron chi connectivity index (χ4n) is 2.76. The molecule has 122 valence electrons. The van der Waals surface area contributed by atoms with Crippen LogP contribution in [-0.2, 0) is 11.2 Å². The number of ether oxygens (including phenoxy) is 1. The van der Waals surface area contributed by atoms with Crippen LogP contribution in [0.25, 0.3) is 0 Å². The van der Waals surface area contributed by atoms with E-state index in [1.54, 1.807) is 7.11 Å². The molecule has 4 heteroatoms. The zero-order chi connectivity index (χ0) is 16.2. The minimum absolute atomic E-state index is 0.264. The molecule has 0 bridgehead atoms. The van der Waals surface area contributed by atoms with Gasteiger partial charge in [0.25, 0.3) is 0 Å². The maximum atomic E-state index is 12.3. The van der Waals surface area contributed by atoms with Crippen molar-refractivity contribution in [1.29, 1.82) is 0 Å². The highest BCUT2D eigenvalue weighted by Crippen LogP contribution is 2.19. The molecule has 0 spiro atoms. The highest BCUT2D eigenvalue weighted by molar-refractivity contribution is 5.81. The zero-order valence-electron chi connectivity index (χ0n) is 14.3. The average molecular weight is 304 g/mol. The summed E-state index contributed by atoms with van der Waals surface area (Å²) < 4.78 is 5.26. The molecule has 1 amide bonds. The van der Waals surface area contributed by atoms with Gasteiger partial charge < -0.3 is 9.64 Å². The monoisotopic (exact) mass is 304 g/mol. The summed E-state index contributed by atoms with van der Waals surface area (Å²) in [6.07, 6.45) is 1.02. The van der Waals surface area contributed by atoms with Gasteiger partial charge in [-0.1, -0.05) is 32.9 Å². The summed E-state index contributed by atoms with van der Waals surface area (Å²) in [4.78, 5) is 16.7. The van der Waals surface area contributed by atoms with Crippen molar-refractivity contribution < 1.29 is 9.53 Å². The summed E-state index contributed by atoms with van der Waals surface area (Å²) in [7, 11) is 1.70. The minimum atomic E-state index is -0.275. The van der Waals surface area contributed by atoms with Crippen molar-refractivity contribution in [2.24, 2.45) is 5.41 Å². The second-order valence-corrected chi connectivity index (χ2v) is 6.99. The van der Waals surface area contributed by atoms with Gasteiger partial charge in [-0.3, -0.25) is 9.69 Å². The van der Waals surface area contributed by atoms with Crippen LogP contribution in [0.5, 0.6) is 5.75 Å². The van der Waals surface area contributed by atoms with Crippen LogP contribution in [0.4, 0.5) is 0 Å². The Labute approximate surface area is 134 Å². The molecule has 0 aromatic heterocycles.